The monoisotopic (exact) mass is 170 g/mol. The molecule has 0 aliphatic heterocycles. The molecular formula is C9H14O3. The summed E-state index contributed by atoms with van der Waals surface area (Å²) >= 11 is 0. The van der Waals surface area contributed by atoms with E-state index < -0.39 is 0 Å². The van der Waals surface area contributed by atoms with Crippen LogP contribution in [0.3, 0.4) is 0 Å². The number of hydrogen-bond donors (Lipinski definition) is 0. The summed E-state index contributed by atoms with van der Waals surface area (Å²) in [7, 11) is 0. The quantitative estimate of drug-likeness (QED) is 0.587. The average molecular weight is 170 g/mol. The molecule has 12 heavy (non-hydrogen) atoms. The number of ketones is 1. The Labute approximate surface area is 72.1 Å². The third-order valence-corrected chi connectivity index (χ3v) is 2.16. The minimum absolute atomic E-state index is 0.0109. The van der Waals surface area contributed by atoms with Gasteiger partial charge in [-0.25, -0.2) is 0 Å². The van der Waals surface area contributed by atoms with Crippen LogP contribution in [0.2, 0.25) is 0 Å². The van der Waals surface area contributed by atoms with Crippen molar-refractivity contribution in [2.24, 2.45) is 5.41 Å². The van der Waals surface area contributed by atoms with Gasteiger partial charge in [-0.2, -0.15) is 0 Å². The minimum atomic E-state index is -0.196. The van der Waals surface area contributed by atoms with Gasteiger partial charge >= 0.3 is 0 Å². The lowest BCUT2D eigenvalue weighted by Gasteiger charge is -2.32. The molecule has 0 spiro atoms. The second-order valence-corrected chi connectivity index (χ2v) is 4.14. The molecule has 0 radical (unpaired) electrons. The van der Waals surface area contributed by atoms with E-state index in [4.69, 9.17) is 4.74 Å². The highest BCUT2D eigenvalue weighted by atomic mass is 16.5. The smallest absolute Gasteiger partial charge is 0.293 e. The largest absolute Gasteiger partial charge is 0.464 e. The molecule has 0 amide bonds. The fraction of sp³-hybridized carbons (Fsp3) is 0.778. The Bertz CT molecular complexity index is 196. The summed E-state index contributed by atoms with van der Waals surface area (Å²) in [6, 6.07) is 0. The number of carbonyl (C=O) groups is 2. The number of Topliss-reactive ketones (excluding diaryl/α,β-unsaturated/α-hetero) is 1. The molecule has 68 valence electrons. The molecular weight excluding hydrogens is 156 g/mol. The van der Waals surface area contributed by atoms with Crippen molar-refractivity contribution in [2.75, 3.05) is 0 Å². The first kappa shape index (κ1) is 9.23. The van der Waals surface area contributed by atoms with Gasteiger partial charge in [0.2, 0.25) is 0 Å². The summed E-state index contributed by atoms with van der Waals surface area (Å²) in [4.78, 5) is 21.2. The lowest BCUT2D eigenvalue weighted by Crippen LogP contribution is -2.33. The van der Waals surface area contributed by atoms with Gasteiger partial charge in [0.05, 0.1) is 0 Å². The first-order valence-corrected chi connectivity index (χ1v) is 4.14. The second-order valence-electron chi connectivity index (χ2n) is 4.14. The average Bonchev–Trinajstić information content (AvgIpc) is 1.82. The Balaban J connectivity index is 2.57. The normalized spacial score (nSPS) is 28.2. The highest BCUT2D eigenvalue weighted by molar-refractivity contribution is 5.80. The van der Waals surface area contributed by atoms with E-state index in [0.717, 1.165) is 6.42 Å². The van der Waals surface area contributed by atoms with Crippen LogP contribution in [0.1, 0.15) is 33.1 Å². The van der Waals surface area contributed by atoms with E-state index in [0.29, 0.717) is 19.3 Å². The van der Waals surface area contributed by atoms with Crippen LogP contribution in [0.4, 0.5) is 0 Å². The zero-order valence-corrected chi connectivity index (χ0v) is 7.50. The maximum absolute atomic E-state index is 11.2. The van der Waals surface area contributed by atoms with Crippen LogP contribution < -0.4 is 0 Å². The van der Waals surface area contributed by atoms with Gasteiger partial charge in [0, 0.05) is 12.8 Å². The van der Waals surface area contributed by atoms with E-state index in [1.807, 2.05) is 13.8 Å². The number of rotatable bonds is 2. The van der Waals surface area contributed by atoms with Gasteiger partial charge in [-0.1, -0.05) is 13.8 Å². The Morgan fingerprint density at radius 1 is 1.58 bits per heavy atom. The van der Waals surface area contributed by atoms with Crippen molar-refractivity contribution in [1.82, 2.24) is 0 Å². The predicted molar refractivity (Wildman–Crippen MR) is 43.6 cm³/mol. The molecule has 0 aromatic rings. The van der Waals surface area contributed by atoms with Gasteiger partial charge in [-0.3, -0.25) is 9.59 Å². The lowest BCUT2D eigenvalue weighted by molar-refractivity contribution is -0.141. The van der Waals surface area contributed by atoms with Gasteiger partial charge in [0.1, 0.15) is 11.9 Å². The van der Waals surface area contributed by atoms with Crippen LogP contribution in [-0.4, -0.2) is 18.4 Å². The van der Waals surface area contributed by atoms with Crippen LogP contribution >= 0.6 is 0 Å². The fourth-order valence-corrected chi connectivity index (χ4v) is 1.80. The summed E-state index contributed by atoms with van der Waals surface area (Å²) in [6.45, 7) is 4.47. The van der Waals surface area contributed by atoms with Crippen molar-refractivity contribution in [3.8, 4) is 0 Å². The van der Waals surface area contributed by atoms with Crippen LogP contribution in [-0.2, 0) is 14.3 Å². The summed E-state index contributed by atoms with van der Waals surface area (Å²) in [5.41, 5.74) is -0.0109. The van der Waals surface area contributed by atoms with Crippen LogP contribution in [0.5, 0.6) is 0 Å². The molecule has 0 heterocycles. The zero-order valence-electron chi connectivity index (χ0n) is 7.50. The summed E-state index contributed by atoms with van der Waals surface area (Å²) in [6.07, 6.45) is 1.59. The van der Waals surface area contributed by atoms with Crippen molar-refractivity contribution in [2.45, 2.75) is 39.2 Å². The number of ether oxygens (including phenoxy) is 1. The molecule has 3 nitrogen and oxygen atoms in total. The van der Waals surface area contributed by atoms with Crippen molar-refractivity contribution in [3.63, 3.8) is 0 Å². The maximum Gasteiger partial charge on any atom is 0.293 e. The Morgan fingerprint density at radius 2 is 2.25 bits per heavy atom. The number of hydrogen-bond acceptors (Lipinski definition) is 3. The van der Waals surface area contributed by atoms with Crippen molar-refractivity contribution < 1.29 is 14.3 Å². The van der Waals surface area contributed by atoms with Crippen LogP contribution in [0.25, 0.3) is 0 Å². The van der Waals surface area contributed by atoms with Gasteiger partial charge in [0.15, 0.2) is 0 Å². The zero-order chi connectivity index (χ0) is 9.19. The topological polar surface area (TPSA) is 43.4 Å². The van der Waals surface area contributed by atoms with Crippen LogP contribution in [0, 0.1) is 5.41 Å². The Morgan fingerprint density at radius 3 is 2.75 bits per heavy atom. The lowest BCUT2D eigenvalue weighted by atomic mass is 9.75. The summed E-state index contributed by atoms with van der Waals surface area (Å²) in [5, 5.41) is 0. The molecule has 0 aromatic heterocycles. The minimum Gasteiger partial charge on any atom is -0.464 e. The second kappa shape index (κ2) is 3.25. The van der Waals surface area contributed by atoms with Gasteiger partial charge in [-0.05, 0) is 11.8 Å². The summed E-state index contributed by atoms with van der Waals surface area (Å²) < 4.78 is 4.79. The van der Waals surface area contributed by atoms with Gasteiger partial charge in [-0.15, -0.1) is 0 Å². The Kier molecular flexibility index (Phi) is 2.50. The highest BCUT2D eigenvalue weighted by Gasteiger charge is 2.33. The molecule has 1 saturated carbocycles. The van der Waals surface area contributed by atoms with Crippen molar-refractivity contribution in [1.29, 1.82) is 0 Å². The molecule has 0 bridgehead atoms. The van der Waals surface area contributed by atoms with E-state index >= 15 is 0 Å². The van der Waals surface area contributed by atoms with Crippen LogP contribution in [0.15, 0.2) is 0 Å². The standard InChI is InChI=1S/C9H14O3/c1-9(2)4-7(11)3-8(5-9)12-6-10/h6,8H,3-5H2,1-2H3. The van der Waals surface area contributed by atoms with E-state index in [-0.39, 0.29) is 17.3 Å². The van der Waals surface area contributed by atoms with E-state index in [1.165, 1.54) is 0 Å². The molecule has 0 aromatic carbocycles. The Hall–Kier alpha value is -0.860. The molecule has 1 fully saturated rings. The predicted octanol–water partition coefficient (Wildman–Crippen LogP) is 1.31. The van der Waals surface area contributed by atoms with Crippen molar-refractivity contribution >= 4 is 12.3 Å². The van der Waals surface area contributed by atoms with E-state index in [9.17, 15) is 9.59 Å². The van der Waals surface area contributed by atoms with E-state index in [2.05, 4.69) is 0 Å². The highest BCUT2D eigenvalue weighted by Crippen LogP contribution is 2.34. The summed E-state index contributed by atoms with van der Waals surface area (Å²) in [5.74, 6) is 0.193. The van der Waals surface area contributed by atoms with Crippen molar-refractivity contribution in [3.05, 3.63) is 0 Å². The molecule has 0 saturated heterocycles. The third-order valence-electron chi connectivity index (χ3n) is 2.16. The molecule has 0 N–H and O–H groups in total. The maximum atomic E-state index is 11.2. The SMILES string of the molecule is CC1(C)CC(=O)CC(OC=O)C1. The van der Waals surface area contributed by atoms with Gasteiger partial charge < -0.3 is 4.74 Å². The molecule has 1 atom stereocenters. The molecule has 1 rings (SSSR count). The first-order chi connectivity index (χ1) is 5.53. The molecule has 3 heteroatoms. The third kappa shape index (κ3) is 2.32. The first-order valence-electron chi connectivity index (χ1n) is 4.14. The molecule has 1 aliphatic carbocycles. The van der Waals surface area contributed by atoms with Gasteiger partial charge in [0.25, 0.3) is 6.47 Å². The fourth-order valence-electron chi connectivity index (χ4n) is 1.80. The number of carbonyl (C=O) groups excluding carboxylic acids is 2. The molecule has 1 aliphatic rings. The molecule has 1 unspecified atom stereocenters. The van der Waals surface area contributed by atoms with E-state index in [1.54, 1.807) is 0 Å².